The van der Waals surface area contributed by atoms with Crippen LogP contribution in [-0.2, 0) is 11.3 Å². The maximum Gasteiger partial charge on any atom is 0.405 e. The second kappa shape index (κ2) is 4.73. The molecule has 1 heterocycles. The van der Waals surface area contributed by atoms with E-state index in [1.54, 1.807) is 12.2 Å². The number of hydrogen-bond acceptors (Lipinski definition) is 2. The van der Waals surface area contributed by atoms with Crippen molar-refractivity contribution in [1.82, 2.24) is 15.1 Å². The Morgan fingerprint density at radius 3 is 2.69 bits per heavy atom. The molecule has 0 aliphatic rings. The lowest BCUT2D eigenvalue weighted by Gasteiger charge is -2.09. The van der Waals surface area contributed by atoms with Crippen molar-refractivity contribution in [3.63, 3.8) is 0 Å². The van der Waals surface area contributed by atoms with Gasteiger partial charge in [0, 0.05) is 0 Å². The van der Waals surface area contributed by atoms with E-state index < -0.39 is 18.6 Å². The standard InChI is InChI=1S/C8H9ClF3N3O/c1-5-6(9)2-14-15(5)3-7(16)13-4-8(10,11)12/h2H,3-4H2,1H3,(H,13,16). The molecule has 1 amide bonds. The summed E-state index contributed by atoms with van der Waals surface area (Å²) in [5, 5.41) is 5.85. The van der Waals surface area contributed by atoms with Crippen LogP contribution in [0.25, 0.3) is 0 Å². The number of hydrogen-bond donors (Lipinski definition) is 1. The number of carbonyl (C=O) groups excluding carboxylic acids is 1. The Morgan fingerprint density at radius 2 is 2.25 bits per heavy atom. The Kier molecular flexibility index (Phi) is 3.79. The molecule has 0 aliphatic carbocycles. The Balaban J connectivity index is 2.49. The van der Waals surface area contributed by atoms with E-state index in [9.17, 15) is 18.0 Å². The van der Waals surface area contributed by atoms with Gasteiger partial charge in [-0.05, 0) is 6.92 Å². The average Bonchev–Trinajstić information content (AvgIpc) is 2.46. The van der Waals surface area contributed by atoms with Crippen molar-refractivity contribution in [3.8, 4) is 0 Å². The Hall–Kier alpha value is -1.24. The fraction of sp³-hybridized carbons (Fsp3) is 0.500. The quantitative estimate of drug-likeness (QED) is 0.890. The fourth-order valence-electron chi connectivity index (χ4n) is 0.974. The van der Waals surface area contributed by atoms with E-state index in [1.807, 2.05) is 0 Å². The summed E-state index contributed by atoms with van der Waals surface area (Å²) in [6, 6.07) is 0. The molecule has 0 aliphatic heterocycles. The van der Waals surface area contributed by atoms with Gasteiger partial charge in [0.25, 0.3) is 0 Å². The van der Waals surface area contributed by atoms with E-state index in [2.05, 4.69) is 5.10 Å². The highest BCUT2D eigenvalue weighted by molar-refractivity contribution is 6.31. The molecule has 1 N–H and O–H groups in total. The van der Waals surface area contributed by atoms with Crippen molar-refractivity contribution in [2.24, 2.45) is 0 Å². The summed E-state index contributed by atoms with van der Waals surface area (Å²) in [4.78, 5) is 11.1. The maximum absolute atomic E-state index is 11.8. The summed E-state index contributed by atoms with van der Waals surface area (Å²) in [5.74, 6) is -0.764. The predicted octanol–water partition coefficient (Wildman–Crippen LogP) is 1.52. The lowest BCUT2D eigenvalue weighted by molar-refractivity contribution is -0.138. The van der Waals surface area contributed by atoms with E-state index in [1.165, 1.54) is 10.9 Å². The van der Waals surface area contributed by atoms with Crippen LogP contribution in [0.5, 0.6) is 0 Å². The van der Waals surface area contributed by atoms with Crippen LogP contribution >= 0.6 is 11.6 Å². The number of amides is 1. The molecule has 0 spiro atoms. The summed E-state index contributed by atoms with van der Waals surface area (Å²) >= 11 is 5.67. The van der Waals surface area contributed by atoms with Crippen LogP contribution in [0.2, 0.25) is 5.02 Å². The van der Waals surface area contributed by atoms with E-state index in [0.717, 1.165) is 0 Å². The molecule has 1 aromatic rings. The predicted molar refractivity (Wildman–Crippen MR) is 51.0 cm³/mol. The monoisotopic (exact) mass is 255 g/mol. The Morgan fingerprint density at radius 1 is 1.62 bits per heavy atom. The van der Waals surface area contributed by atoms with Crippen LogP contribution in [-0.4, -0.2) is 28.4 Å². The average molecular weight is 256 g/mol. The molecule has 16 heavy (non-hydrogen) atoms. The molecule has 0 bridgehead atoms. The summed E-state index contributed by atoms with van der Waals surface area (Å²) in [6.45, 7) is -0.0130. The van der Waals surface area contributed by atoms with E-state index in [-0.39, 0.29) is 6.54 Å². The Bertz CT molecular complexity index is 388. The lowest BCUT2D eigenvalue weighted by Crippen LogP contribution is -2.36. The molecule has 90 valence electrons. The van der Waals surface area contributed by atoms with Gasteiger partial charge in [-0.25, -0.2) is 0 Å². The maximum atomic E-state index is 11.8. The van der Waals surface area contributed by atoms with Crippen molar-refractivity contribution in [2.45, 2.75) is 19.6 Å². The third kappa shape index (κ3) is 3.73. The molecule has 4 nitrogen and oxygen atoms in total. The van der Waals surface area contributed by atoms with Gasteiger partial charge < -0.3 is 5.32 Å². The summed E-state index contributed by atoms with van der Waals surface area (Å²) in [6.07, 6.45) is -3.08. The molecule has 0 aromatic carbocycles. The number of rotatable bonds is 3. The molecule has 0 saturated heterocycles. The van der Waals surface area contributed by atoms with Gasteiger partial charge in [0.05, 0.1) is 16.9 Å². The highest BCUT2D eigenvalue weighted by Crippen LogP contribution is 2.14. The molecule has 0 atom stereocenters. The minimum Gasteiger partial charge on any atom is -0.345 e. The smallest absolute Gasteiger partial charge is 0.345 e. The summed E-state index contributed by atoms with van der Waals surface area (Å²) < 4.78 is 36.6. The van der Waals surface area contributed by atoms with Gasteiger partial charge in [0.1, 0.15) is 13.1 Å². The second-order valence-electron chi connectivity index (χ2n) is 3.13. The van der Waals surface area contributed by atoms with Crippen molar-refractivity contribution in [3.05, 3.63) is 16.9 Å². The van der Waals surface area contributed by atoms with Crippen molar-refractivity contribution in [1.29, 1.82) is 0 Å². The molecule has 0 radical (unpaired) electrons. The van der Waals surface area contributed by atoms with Crippen LogP contribution in [0.3, 0.4) is 0 Å². The first-order chi connectivity index (χ1) is 7.29. The molecule has 0 fully saturated rings. The molecular weight excluding hydrogens is 247 g/mol. The van der Waals surface area contributed by atoms with Crippen LogP contribution in [0, 0.1) is 6.92 Å². The fourth-order valence-corrected chi connectivity index (χ4v) is 1.12. The first-order valence-electron chi connectivity index (χ1n) is 4.31. The minimum atomic E-state index is -4.41. The van der Waals surface area contributed by atoms with E-state index >= 15 is 0 Å². The van der Waals surface area contributed by atoms with Gasteiger partial charge in [-0.15, -0.1) is 0 Å². The highest BCUT2D eigenvalue weighted by atomic mass is 35.5. The molecule has 0 unspecified atom stereocenters. The van der Waals surface area contributed by atoms with Gasteiger partial charge in [-0.1, -0.05) is 11.6 Å². The van der Waals surface area contributed by atoms with Gasteiger partial charge in [-0.2, -0.15) is 18.3 Å². The number of carbonyl (C=O) groups is 1. The SMILES string of the molecule is Cc1c(Cl)cnn1CC(=O)NCC(F)(F)F. The third-order valence-corrected chi connectivity index (χ3v) is 2.19. The first-order valence-corrected chi connectivity index (χ1v) is 4.69. The number of alkyl halides is 3. The van der Waals surface area contributed by atoms with Crippen LogP contribution in [0.1, 0.15) is 5.69 Å². The zero-order chi connectivity index (χ0) is 12.3. The number of halogens is 4. The largest absolute Gasteiger partial charge is 0.405 e. The van der Waals surface area contributed by atoms with Gasteiger partial charge in [0.2, 0.25) is 5.91 Å². The minimum absolute atomic E-state index is 0.283. The molecule has 0 saturated carbocycles. The highest BCUT2D eigenvalue weighted by Gasteiger charge is 2.27. The lowest BCUT2D eigenvalue weighted by atomic mass is 10.4. The molecular formula is C8H9ClF3N3O. The topological polar surface area (TPSA) is 46.9 Å². The van der Waals surface area contributed by atoms with Gasteiger partial charge in [-0.3, -0.25) is 9.48 Å². The van der Waals surface area contributed by atoms with Crippen LogP contribution in [0.4, 0.5) is 13.2 Å². The first kappa shape index (κ1) is 12.8. The normalized spacial score (nSPS) is 11.6. The number of nitrogens with one attached hydrogen (secondary N) is 1. The zero-order valence-electron chi connectivity index (χ0n) is 8.31. The zero-order valence-corrected chi connectivity index (χ0v) is 9.06. The molecule has 1 rings (SSSR count). The van der Waals surface area contributed by atoms with Gasteiger partial charge in [0.15, 0.2) is 0 Å². The van der Waals surface area contributed by atoms with Crippen LogP contribution < -0.4 is 5.32 Å². The van der Waals surface area contributed by atoms with Crippen LogP contribution in [0.15, 0.2) is 6.20 Å². The number of aromatic nitrogens is 2. The van der Waals surface area contributed by atoms with E-state index in [0.29, 0.717) is 10.7 Å². The Labute approximate surface area is 94.4 Å². The van der Waals surface area contributed by atoms with Crippen molar-refractivity contribution < 1.29 is 18.0 Å². The number of nitrogens with zero attached hydrogens (tertiary/aromatic N) is 2. The van der Waals surface area contributed by atoms with E-state index in [4.69, 9.17) is 11.6 Å². The summed E-state index contributed by atoms with van der Waals surface area (Å²) in [5.41, 5.74) is 0.531. The van der Waals surface area contributed by atoms with Gasteiger partial charge >= 0.3 is 6.18 Å². The van der Waals surface area contributed by atoms with Crippen molar-refractivity contribution in [2.75, 3.05) is 6.54 Å². The molecule has 8 heteroatoms. The second-order valence-corrected chi connectivity index (χ2v) is 3.53. The summed E-state index contributed by atoms with van der Waals surface area (Å²) in [7, 11) is 0. The molecule has 1 aromatic heterocycles. The third-order valence-electron chi connectivity index (χ3n) is 1.82. The van der Waals surface area contributed by atoms with Crippen molar-refractivity contribution >= 4 is 17.5 Å².